The third-order valence-electron chi connectivity index (χ3n) is 2.94. The molecule has 0 saturated carbocycles. The Morgan fingerprint density at radius 3 is 2.55 bits per heavy atom. The number of benzene rings is 2. The second kappa shape index (κ2) is 5.02. The third kappa shape index (κ3) is 2.28. The number of rotatable bonds is 2. The van der Waals surface area contributed by atoms with Gasteiger partial charge in [0.25, 0.3) is 0 Å². The summed E-state index contributed by atoms with van der Waals surface area (Å²) < 4.78 is 19.0. The van der Waals surface area contributed by atoms with Crippen LogP contribution in [-0.4, -0.2) is 6.09 Å². The fourth-order valence-corrected chi connectivity index (χ4v) is 2.14. The summed E-state index contributed by atoms with van der Waals surface area (Å²) in [6.07, 6.45) is -1.49. The highest BCUT2D eigenvalue weighted by molar-refractivity contribution is 6.30. The number of amides is 1. The summed E-state index contributed by atoms with van der Waals surface area (Å²) >= 11 is 5.83. The van der Waals surface area contributed by atoms with Crippen LogP contribution in [0.4, 0.5) is 14.9 Å². The minimum Gasteiger partial charge on any atom is -0.418 e. The summed E-state index contributed by atoms with van der Waals surface area (Å²) in [5.41, 5.74) is 3.45. The van der Waals surface area contributed by atoms with E-state index in [-0.39, 0.29) is 5.56 Å². The predicted molar refractivity (Wildman–Crippen MR) is 72.7 cm³/mol. The number of carbonyl (C=O) groups is 1. The van der Waals surface area contributed by atoms with Gasteiger partial charge in [0.2, 0.25) is 6.23 Å². The molecule has 1 N–H and O–H groups in total. The van der Waals surface area contributed by atoms with Gasteiger partial charge in [-0.05, 0) is 30.3 Å². The van der Waals surface area contributed by atoms with Crippen LogP contribution >= 0.6 is 11.6 Å². The van der Waals surface area contributed by atoms with Crippen LogP contribution in [0.1, 0.15) is 11.8 Å². The zero-order valence-electron chi connectivity index (χ0n) is 10.2. The van der Waals surface area contributed by atoms with Gasteiger partial charge in [0.15, 0.2) is 0 Å². The lowest BCUT2D eigenvalue weighted by Crippen LogP contribution is -2.34. The third-order valence-corrected chi connectivity index (χ3v) is 3.19. The molecule has 2 aromatic carbocycles. The van der Waals surface area contributed by atoms with E-state index in [1.54, 1.807) is 42.5 Å². The molecule has 6 heteroatoms. The van der Waals surface area contributed by atoms with Crippen LogP contribution in [-0.2, 0) is 4.74 Å². The number of hydrogen-bond acceptors (Lipinski definition) is 3. The van der Waals surface area contributed by atoms with E-state index in [9.17, 15) is 9.18 Å². The standard InChI is InChI=1S/C14H10ClFN2O2/c15-9-5-7-10(8-6-9)18-13(20-14(19)17-18)11-3-1-2-4-12(11)16/h1-8,13H,(H,17,19). The van der Waals surface area contributed by atoms with Gasteiger partial charge in [-0.2, -0.15) is 0 Å². The molecule has 4 nitrogen and oxygen atoms in total. The average Bonchev–Trinajstić information content (AvgIpc) is 2.82. The molecule has 1 heterocycles. The second-order valence-electron chi connectivity index (χ2n) is 4.24. The highest BCUT2D eigenvalue weighted by Crippen LogP contribution is 2.32. The Hall–Kier alpha value is -2.27. The van der Waals surface area contributed by atoms with Gasteiger partial charge < -0.3 is 4.74 Å². The van der Waals surface area contributed by atoms with Gasteiger partial charge in [-0.25, -0.2) is 19.6 Å². The van der Waals surface area contributed by atoms with Crippen molar-refractivity contribution in [1.29, 1.82) is 0 Å². The smallest absolute Gasteiger partial charge is 0.418 e. The van der Waals surface area contributed by atoms with Crippen LogP contribution in [0.15, 0.2) is 48.5 Å². The molecule has 1 aliphatic heterocycles. The minimum atomic E-state index is -0.857. The van der Waals surface area contributed by atoms with Crippen molar-refractivity contribution >= 4 is 23.4 Å². The van der Waals surface area contributed by atoms with Crippen LogP contribution in [0.5, 0.6) is 0 Å². The first-order chi connectivity index (χ1) is 9.65. The van der Waals surface area contributed by atoms with Crippen LogP contribution in [0.3, 0.4) is 0 Å². The second-order valence-corrected chi connectivity index (χ2v) is 4.67. The lowest BCUT2D eigenvalue weighted by Gasteiger charge is -2.23. The van der Waals surface area contributed by atoms with Gasteiger partial charge in [0.1, 0.15) is 5.82 Å². The number of anilines is 1. The first-order valence-corrected chi connectivity index (χ1v) is 6.29. The molecule has 0 aliphatic carbocycles. The quantitative estimate of drug-likeness (QED) is 0.919. The van der Waals surface area contributed by atoms with Crippen molar-refractivity contribution in [2.24, 2.45) is 0 Å². The maximum Gasteiger partial charge on any atom is 0.428 e. The fraction of sp³-hybridized carbons (Fsp3) is 0.0714. The van der Waals surface area contributed by atoms with Gasteiger partial charge in [-0.15, -0.1) is 0 Å². The van der Waals surface area contributed by atoms with Gasteiger partial charge >= 0.3 is 6.09 Å². The maximum absolute atomic E-state index is 13.9. The predicted octanol–water partition coefficient (Wildman–Crippen LogP) is 3.64. The SMILES string of the molecule is O=C1NN(c2ccc(Cl)cc2)C(c2ccccc2F)O1. The molecule has 2 aromatic rings. The first-order valence-electron chi connectivity index (χ1n) is 5.91. The molecule has 102 valence electrons. The zero-order valence-corrected chi connectivity index (χ0v) is 11.0. The summed E-state index contributed by atoms with van der Waals surface area (Å²) in [7, 11) is 0. The normalized spacial score (nSPS) is 17.8. The van der Waals surface area contributed by atoms with Crippen LogP contribution in [0, 0.1) is 5.82 Å². The highest BCUT2D eigenvalue weighted by atomic mass is 35.5. The number of hydrazine groups is 1. The molecule has 0 spiro atoms. The number of nitrogens with one attached hydrogen (secondary N) is 1. The van der Waals surface area contributed by atoms with E-state index in [1.807, 2.05) is 0 Å². The molecule has 1 aliphatic rings. The first kappa shape index (κ1) is 12.7. The van der Waals surface area contributed by atoms with Gasteiger partial charge in [0.05, 0.1) is 11.3 Å². The largest absolute Gasteiger partial charge is 0.428 e. The summed E-state index contributed by atoms with van der Waals surface area (Å²) in [5, 5.41) is 2.03. The van der Waals surface area contributed by atoms with E-state index < -0.39 is 18.1 Å². The van der Waals surface area contributed by atoms with E-state index in [0.29, 0.717) is 10.7 Å². The van der Waals surface area contributed by atoms with Crippen LogP contribution < -0.4 is 10.4 Å². The Morgan fingerprint density at radius 2 is 1.85 bits per heavy atom. The number of halogens is 2. The number of cyclic esters (lactones) is 1. The van der Waals surface area contributed by atoms with E-state index in [2.05, 4.69) is 5.43 Å². The number of nitrogens with zero attached hydrogens (tertiary/aromatic N) is 1. The van der Waals surface area contributed by atoms with E-state index in [1.165, 1.54) is 11.1 Å². The van der Waals surface area contributed by atoms with Crippen molar-refractivity contribution in [3.8, 4) is 0 Å². The summed E-state index contributed by atoms with van der Waals surface area (Å²) in [5.74, 6) is -0.437. The Balaban J connectivity index is 1.99. The molecule has 0 radical (unpaired) electrons. The van der Waals surface area contributed by atoms with Crippen molar-refractivity contribution < 1.29 is 13.9 Å². The lowest BCUT2D eigenvalue weighted by atomic mass is 10.1. The van der Waals surface area contributed by atoms with Crippen molar-refractivity contribution in [3.05, 3.63) is 64.9 Å². The average molecular weight is 293 g/mol. The van der Waals surface area contributed by atoms with Crippen molar-refractivity contribution in [2.75, 3.05) is 5.01 Å². The molecular weight excluding hydrogens is 283 g/mol. The molecule has 1 atom stereocenters. The Bertz CT molecular complexity index is 648. The van der Waals surface area contributed by atoms with Gasteiger partial charge in [-0.3, -0.25) is 0 Å². The molecular formula is C14H10ClFN2O2. The maximum atomic E-state index is 13.9. The Morgan fingerprint density at radius 1 is 1.15 bits per heavy atom. The Kier molecular flexibility index (Phi) is 3.20. The number of ether oxygens (including phenoxy) is 1. The van der Waals surface area contributed by atoms with Crippen molar-refractivity contribution in [3.63, 3.8) is 0 Å². The monoisotopic (exact) mass is 292 g/mol. The molecule has 0 bridgehead atoms. The van der Waals surface area contributed by atoms with E-state index in [4.69, 9.17) is 16.3 Å². The molecule has 1 fully saturated rings. The fourth-order valence-electron chi connectivity index (χ4n) is 2.02. The summed E-state index contributed by atoms with van der Waals surface area (Å²) in [6, 6.07) is 12.9. The van der Waals surface area contributed by atoms with Gasteiger partial charge in [-0.1, -0.05) is 29.8 Å². The summed E-state index contributed by atoms with van der Waals surface area (Å²) in [6.45, 7) is 0. The minimum absolute atomic E-state index is 0.279. The van der Waals surface area contributed by atoms with E-state index in [0.717, 1.165) is 0 Å². The van der Waals surface area contributed by atoms with Crippen LogP contribution in [0.25, 0.3) is 0 Å². The number of hydrogen-bond donors (Lipinski definition) is 1. The zero-order chi connectivity index (χ0) is 14.1. The molecule has 1 saturated heterocycles. The van der Waals surface area contributed by atoms with Crippen LogP contribution in [0.2, 0.25) is 5.02 Å². The number of carbonyl (C=O) groups excluding carboxylic acids is 1. The molecule has 3 rings (SSSR count). The highest BCUT2D eigenvalue weighted by Gasteiger charge is 2.34. The molecule has 0 aromatic heterocycles. The Labute approximate surface area is 119 Å². The summed E-state index contributed by atoms with van der Waals surface area (Å²) in [4.78, 5) is 11.5. The lowest BCUT2D eigenvalue weighted by molar-refractivity contribution is 0.136. The molecule has 1 unspecified atom stereocenters. The molecule has 1 amide bonds. The van der Waals surface area contributed by atoms with Gasteiger partial charge in [0, 0.05) is 5.02 Å². The topological polar surface area (TPSA) is 41.6 Å². The van der Waals surface area contributed by atoms with E-state index >= 15 is 0 Å². The molecule has 20 heavy (non-hydrogen) atoms. The van der Waals surface area contributed by atoms with Crippen molar-refractivity contribution in [2.45, 2.75) is 6.23 Å². The van der Waals surface area contributed by atoms with Crippen molar-refractivity contribution in [1.82, 2.24) is 5.43 Å².